The lowest BCUT2D eigenvalue weighted by Crippen LogP contribution is -2.57. The summed E-state index contributed by atoms with van der Waals surface area (Å²) in [7, 11) is 0. The van der Waals surface area contributed by atoms with E-state index in [4.69, 9.17) is 0 Å². The van der Waals surface area contributed by atoms with E-state index in [2.05, 4.69) is 5.32 Å². The lowest BCUT2D eigenvalue weighted by molar-refractivity contribution is -0.139. The van der Waals surface area contributed by atoms with Crippen LogP contribution in [0.3, 0.4) is 0 Å². The van der Waals surface area contributed by atoms with Crippen molar-refractivity contribution in [2.45, 2.75) is 57.4 Å². The highest BCUT2D eigenvalue weighted by atomic mass is 16.2. The van der Waals surface area contributed by atoms with Crippen LogP contribution in [0.5, 0.6) is 0 Å². The molecule has 0 radical (unpaired) electrons. The highest BCUT2D eigenvalue weighted by Crippen LogP contribution is 2.50. The summed E-state index contributed by atoms with van der Waals surface area (Å²) in [5.74, 6) is 2.99. The van der Waals surface area contributed by atoms with Crippen LogP contribution in [0.4, 0.5) is 0 Å². The van der Waals surface area contributed by atoms with Gasteiger partial charge in [0.05, 0.1) is 0 Å². The van der Waals surface area contributed by atoms with Crippen LogP contribution in [0, 0.1) is 23.7 Å². The van der Waals surface area contributed by atoms with Crippen molar-refractivity contribution in [1.82, 2.24) is 10.2 Å². The summed E-state index contributed by atoms with van der Waals surface area (Å²) in [5.41, 5.74) is -0.634. The lowest BCUT2D eigenvalue weighted by atomic mass is 9.92. The van der Waals surface area contributed by atoms with E-state index in [1.54, 1.807) is 0 Å². The van der Waals surface area contributed by atoms with Crippen molar-refractivity contribution in [3.05, 3.63) is 0 Å². The van der Waals surface area contributed by atoms with E-state index in [1.807, 2.05) is 11.8 Å². The molecular weight excluding hydrogens is 264 g/mol. The lowest BCUT2D eigenvalue weighted by Gasteiger charge is -2.34. The average Bonchev–Trinajstić information content (AvgIpc) is 3.29. The van der Waals surface area contributed by atoms with Gasteiger partial charge < -0.3 is 10.2 Å². The second-order valence-corrected chi connectivity index (χ2v) is 7.86. The van der Waals surface area contributed by atoms with Crippen molar-refractivity contribution < 1.29 is 9.59 Å². The van der Waals surface area contributed by atoms with E-state index in [9.17, 15) is 9.59 Å². The first-order valence-electron chi connectivity index (χ1n) is 8.68. The molecule has 1 N–H and O–H groups in total. The molecule has 1 saturated heterocycles. The number of nitrogens with one attached hydrogen (secondary N) is 1. The molecule has 4 rings (SSSR count). The van der Waals surface area contributed by atoms with Gasteiger partial charge in [-0.15, -0.1) is 0 Å². The van der Waals surface area contributed by atoms with Crippen LogP contribution in [0.15, 0.2) is 0 Å². The van der Waals surface area contributed by atoms with Gasteiger partial charge >= 0.3 is 0 Å². The van der Waals surface area contributed by atoms with E-state index in [1.165, 1.54) is 25.7 Å². The van der Waals surface area contributed by atoms with E-state index in [0.717, 1.165) is 31.2 Å². The monoisotopic (exact) mass is 290 g/mol. The molecule has 21 heavy (non-hydrogen) atoms. The van der Waals surface area contributed by atoms with E-state index in [-0.39, 0.29) is 11.8 Å². The molecule has 116 valence electrons. The number of amides is 2. The summed E-state index contributed by atoms with van der Waals surface area (Å²) >= 11 is 0. The summed E-state index contributed by atoms with van der Waals surface area (Å²) in [5, 5.41) is 3.03. The van der Waals surface area contributed by atoms with Crippen molar-refractivity contribution in [3.8, 4) is 0 Å². The molecule has 0 aromatic carbocycles. The third-order valence-electron chi connectivity index (χ3n) is 6.02. The van der Waals surface area contributed by atoms with E-state index in [0.29, 0.717) is 24.8 Å². The molecule has 1 atom stereocenters. The second kappa shape index (κ2) is 4.72. The zero-order valence-corrected chi connectivity index (χ0v) is 12.9. The predicted molar refractivity (Wildman–Crippen MR) is 79.4 cm³/mol. The number of hydrogen-bond donors (Lipinski definition) is 1. The van der Waals surface area contributed by atoms with Crippen molar-refractivity contribution in [1.29, 1.82) is 0 Å². The van der Waals surface area contributed by atoms with Gasteiger partial charge in [-0.05, 0) is 69.1 Å². The Kier molecular flexibility index (Phi) is 3.05. The summed E-state index contributed by atoms with van der Waals surface area (Å²) in [6.45, 7) is 3.46. The van der Waals surface area contributed by atoms with Crippen LogP contribution < -0.4 is 5.32 Å². The number of carbonyl (C=O) groups is 2. The average molecular weight is 290 g/mol. The van der Waals surface area contributed by atoms with Gasteiger partial charge in [0, 0.05) is 19.5 Å². The van der Waals surface area contributed by atoms with Gasteiger partial charge in [0.25, 0.3) is 0 Å². The Morgan fingerprint density at radius 2 is 1.76 bits per heavy atom. The number of carbonyl (C=O) groups excluding carboxylic acids is 2. The number of rotatable bonds is 5. The van der Waals surface area contributed by atoms with Crippen molar-refractivity contribution in [3.63, 3.8) is 0 Å². The minimum Gasteiger partial charge on any atom is -0.342 e. The van der Waals surface area contributed by atoms with Gasteiger partial charge in [-0.3, -0.25) is 9.59 Å². The first-order valence-corrected chi connectivity index (χ1v) is 8.68. The highest BCUT2D eigenvalue weighted by Gasteiger charge is 2.52. The molecule has 0 bridgehead atoms. The van der Waals surface area contributed by atoms with E-state index < -0.39 is 5.54 Å². The summed E-state index contributed by atoms with van der Waals surface area (Å²) in [4.78, 5) is 27.1. The fourth-order valence-corrected chi connectivity index (χ4v) is 4.17. The van der Waals surface area contributed by atoms with Crippen LogP contribution in [0.25, 0.3) is 0 Å². The third kappa shape index (κ3) is 2.58. The first-order chi connectivity index (χ1) is 10.1. The van der Waals surface area contributed by atoms with Crippen molar-refractivity contribution >= 4 is 11.8 Å². The fraction of sp³-hybridized carbons (Fsp3) is 0.882. The minimum absolute atomic E-state index is 0.0506. The van der Waals surface area contributed by atoms with Gasteiger partial charge in [0.1, 0.15) is 5.54 Å². The third-order valence-corrected chi connectivity index (χ3v) is 6.02. The number of nitrogens with zero attached hydrogens (tertiary/aromatic N) is 1. The predicted octanol–water partition coefficient (Wildman–Crippen LogP) is 1.94. The van der Waals surface area contributed by atoms with Gasteiger partial charge in [-0.1, -0.05) is 0 Å². The molecule has 0 aromatic heterocycles. The molecular formula is C17H26N2O2. The van der Waals surface area contributed by atoms with Gasteiger partial charge in [0.2, 0.25) is 11.8 Å². The molecule has 2 amide bonds. The Morgan fingerprint density at radius 3 is 2.29 bits per heavy atom. The Bertz CT molecular complexity index is 453. The van der Waals surface area contributed by atoms with E-state index >= 15 is 0 Å². The molecule has 4 fully saturated rings. The first kappa shape index (κ1) is 13.6. The molecule has 3 saturated carbocycles. The van der Waals surface area contributed by atoms with Crippen LogP contribution in [-0.4, -0.2) is 35.3 Å². The molecule has 3 aliphatic carbocycles. The topological polar surface area (TPSA) is 49.4 Å². The maximum Gasteiger partial charge on any atom is 0.248 e. The molecule has 0 spiro atoms. The number of hydrogen-bond acceptors (Lipinski definition) is 2. The largest absolute Gasteiger partial charge is 0.342 e. The molecule has 4 aliphatic rings. The summed E-state index contributed by atoms with van der Waals surface area (Å²) in [6, 6.07) is 0. The zero-order valence-electron chi connectivity index (χ0n) is 12.9. The molecule has 0 aromatic rings. The van der Waals surface area contributed by atoms with Crippen LogP contribution >= 0.6 is 0 Å². The highest BCUT2D eigenvalue weighted by molar-refractivity contribution is 5.93. The molecule has 4 nitrogen and oxygen atoms in total. The quantitative estimate of drug-likeness (QED) is 0.841. The van der Waals surface area contributed by atoms with Crippen LogP contribution in [0.1, 0.15) is 51.9 Å². The Morgan fingerprint density at radius 1 is 1.14 bits per heavy atom. The molecule has 1 unspecified atom stereocenters. The Hall–Kier alpha value is -1.06. The van der Waals surface area contributed by atoms with Crippen molar-refractivity contribution in [2.24, 2.45) is 23.7 Å². The van der Waals surface area contributed by atoms with Gasteiger partial charge in [0.15, 0.2) is 0 Å². The Labute approximate surface area is 126 Å². The molecule has 1 aliphatic heterocycles. The smallest absolute Gasteiger partial charge is 0.248 e. The SMILES string of the molecule is CC1(C2CC2)NC(=O)CCN(CC(C2CC2)C2CC2)C1=O. The molecule has 4 heteroatoms. The maximum atomic E-state index is 13.0. The minimum atomic E-state index is -0.634. The Balaban J connectivity index is 1.52. The second-order valence-electron chi connectivity index (χ2n) is 7.86. The van der Waals surface area contributed by atoms with Gasteiger partial charge in [-0.25, -0.2) is 0 Å². The van der Waals surface area contributed by atoms with Crippen molar-refractivity contribution in [2.75, 3.05) is 13.1 Å². The van der Waals surface area contributed by atoms with Gasteiger partial charge in [-0.2, -0.15) is 0 Å². The standard InChI is InChI=1S/C17H26N2O2/c1-17(13-6-7-13)16(21)19(9-8-15(20)18-17)10-14(11-2-3-11)12-4-5-12/h11-14H,2-10H2,1H3,(H,18,20). The fourth-order valence-electron chi connectivity index (χ4n) is 4.17. The summed E-state index contributed by atoms with van der Waals surface area (Å²) < 4.78 is 0. The zero-order chi connectivity index (χ0) is 14.6. The maximum absolute atomic E-state index is 13.0. The van der Waals surface area contributed by atoms with Crippen LogP contribution in [-0.2, 0) is 9.59 Å². The summed E-state index contributed by atoms with van der Waals surface area (Å²) in [6.07, 6.45) is 8.01. The molecule has 1 heterocycles. The van der Waals surface area contributed by atoms with Crippen LogP contribution in [0.2, 0.25) is 0 Å². The normalized spacial score (nSPS) is 34.1.